The Morgan fingerprint density at radius 2 is 1.53 bits per heavy atom. The van der Waals surface area contributed by atoms with Gasteiger partial charge >= 0.3 is 0 Å². The molecule has 2 heterocycles. The van der Waals surface area contributed by atoms with Crippen LogP contribution in [0.5, 0.6) is 0 Å². The number of nitrogens with zero attached hydrogens (tertiary/aromatic N) is 2. The predicted molar refractivity (Wildman–Crippen MR) is 69.2 cm³/mol. The second-order valence-corrected chi connectivity index (χ2v) is 4.96. The lowest BCUT2D eigenvalue weighted by molar-refractivity contribution is 1.05. The minimum absolute atomic E-state index is 0.930. The smallest absolute Gasteiger partial charge is 0.0759 e. The molecule has 0 aromatic carbocycles. The summed E-state index contributed by atoms with van der Waals surface area (Å²) in [7, 11) is 0. The van der Waals surface area contributed by atoms with Crippen molar-refractivity contribution in [3.8, 4) is 11.3 Å². The van der Waals surface area contributed by atoms with Gasteiger partial charge in [-0.2, -0.15) is 0 Å². The van der Waals surface area contributed by atoms with E-state index in [0.717, 1.165) is 23.5 Å². The zero-order chi connectivity index (χ0) is 12.2. The number of hydrogen-bond acceptors (Lipinski definition) is 2. The normalized spacial score (nSPS) is 12.5. The lowest BCUT2D eigenvalue weighted by atomic mass is 10.1. The van der Waals surface area contributed by atoms with Crippen LogP contribution in [0.1, 0.15) is 33.8 Å². The summed E-state index contributed by atoms with van der Waals surface area (Å²) in [6.45, 7) is 8.38. The average Bonchev–Trinajstić information content (AvgIpc) is 2.58. The van der Waals surface area contributed by atoms with Crippen LogP contribution in [0.15, 0.2) is 12.1 Å². The summed E-state index contributed by atoms with van der Waals surface area (Å²) in [4.78, 5) is 9.41. The lowest BCUT2D eigenvalue weighted by Gasteiger charge is -2.06. The maximum absolute atomic E-state index is 4.73. The van der Waals surface area contributed by atoms with Crippen molar-refractivity contribution < 1.29 is 0 Å². The van der Waals surface area contributed by atoms with Gasteiger partial charge in [0, 0.05) is 23.4 Å². The van der Waals surface area contributed by atoms with Crippen LogP contribution in [-0.2, 0) is 6.42 Å². The second-order valence-electron chi connectivity index (χ2n) is 4.96. The first kappa shape index (κ1) is 10.5. The molecule has 0 bridgehead atoms. The summed E-state index contributed by atoms with van der Waals surface area (Å²) in [5.74, 6) is 0. The zero-order valence-electron chi connectivity index (χ0n) is 10.8. The van der Waals surface area contributed by atoms with E-state index in [-0.39, 0.29) is 0 Å². The van der Waals surface area contributed by atoms with Gasteiger partial charge in [-0.1, -0.05) is 6.07 Å². The van der Waals surface area contributed by atoms with Gasteiger partial charge in [-0.3, -0.25) is 9.97 Å². The number of aromatic nitrogens is 2. The Kier molecular flexibility index (Phi) is 2.09. The molecular weight excluding hydrogens is 208 g/mol. The zero-order valence-corrected chi connectivity index (χ0v) is 10.8. The highest BCUT2D eigenvalue weighted by Crippen LogP contribution is 2.35. The molecule has 0 atom stereocenters. The van der Waals surface area contributed by atoms with Crippen LogP contribution in [0, 0.1) is 27.7 Å². The van der Waals surface area contributed by atoms with Crippen molar-refractivity contribution in [2.24, 2.45) is 0 Å². The van der Waals surface area contributed by atoms with Crippen molar-refractivity contribution in [1.29, 1.82) is 0 Å². The third kappa shape index (κ3) is 1.47. The first-order valence-electron chi connectivity index (χ1n) is 6.01. The van der Waals surface area contributed by atoms with Gasteiger partial charge in [0.2, 0.25) is 0 Å². The Bertz CT molecular complexity index is 572. The highest BCUT2D eigenvalue weighted by atomic mass is 14.8. The van der Waals surface area contributed by atoms with E-state index in [1.165, 1.54) is 27.9 Å². The molecule has 2 heteroatoms. The molecule has 0 spiro atoms. The molecule has 0 N–H and O–H groups in total. The van der Waals surface area contributed by atoms with Crippen molar-refractivity contribution in [2.75, 3.05) is 0 Å². The fourth-order valence-corrected chi connectivity index (χ4v) is 2.41. The van der Waals surface area contributed by atoms with E-state index in [9.17, 15) is 0 Å². The molecule has 0 saturated carbocycles. The topological polar surface area (TPSA) is 25.8 Å². The van der Waals surface area contributed by atoms with Gasteiger partial charge in [-0.05, 0) is 50.5 Å². The molecule has 17 heavy (non-hydrogen) atoms. The van der Waals surface area contributed by atoms with E-state index in [1.807, 2.05) is 0 Å². The molecule has 2 aromatic rings. The first-order chi connectivity index (χ1) is 8.06. The minimum atomic E-state index is 0.930. The number of fused-ring (bicyclic) bond motifs is 3. The number of hydrogen-bond donors (Lipinski definition) is 0. The molecule has 1 aliphatic rings. The van der Waals surface area contributed by atoms with Gasteiger partial charge in [0.25, 0.3) is 0 Å². The second kappa shape index (κ2) is 3.39. The van der Waals surface area contributed by atoms with Crippen LogP contribution >= 0.6 is 0 Å². The number of rotatable bonds is 0. The molecule has 1 aliphatic carbocycles. The van der Waals surface area contributed by atoms with Crippen molar-refractivity contribution in [3.05, 3.63) is 45.9 Å². The highest BCUT2D eigenvalue weighted by molar-refractivity contribution is 5.73. The monoisotopic (exact) mass is 224 g/mol. The quantitative estimate of drug-likeness (QED) is 0.585. The lowest BCUT2D eigenvalue weighted by Crippen LogP contribution is -1.93. The van der Waals surface area contributed by atoms with Gasteiger partial charge < -0.3 is 0 Å². The van der Waals surface area contributed by atoms with E-state index in [0.29, 0.717) is 0 Å². The Morgan fingerprint density at radius 3 is 2.29 bits per heavy atom. The van der Waals surface area contributed by atoms with Crippen LogP contribution in [0.3, 0.4) is 0 Å². The number of aryl methyl sites for hydroxylation is 4. The van der Waals surface area contributed by atoms with Crippen molar-refractivity contribution in [2.45, 2.75) is 34.1 Å². The van der Waals surface area contributed by atoms with Crippen molar-refractivity contribution in [3.63, 3.8) is 0 Å². The standard InChI is InChI=1S/C15H16N2/c1-8-5-12-7-14-13(15(12)17-11(8)4)6-9(2)10(3)16-14/h5-6H,7H2,1-4H3. The number of pyridine rings is 2. The third-order valence-electron chi connectivity index (χ3n) is 3.70. The Balaban J connectivity index is 2.27. The van der Waals surface area contributed by atoms with E-state index in [2.05, 4.69) is 44.8 Å². The molecule has 0 radical (unpaired) electrons. The van der Waals surface area contributed by atoms with Gasteiger partial charge in [0.1, 0.15) is 0 Å². The summed E-state index contributed by atoms with van der Waals surface area (Å²) >= 11 is 0. The molecule has 2 nitrogen and oxygen atoms in total. The molecule has 0 amide bonds. The van der Waals surface area contributed by atoms with Gasteiger partial charge in [0.05, 0.1) is 11.4 Å². The van der Waals surface area contributed by atoms with Crippen molar-refractivity contribution in [1.82, 2.24) is 9.97 Å². The molecule has 0 saturated heterocycles. The Labute approximate surface area is 102 Å². The summed E-state index contributed by atoms with van der Waals surface area (Å²) in [5.41, 5.74) is 9.63. The largest absolute Gasteiger partial charge is 0.257 e. The van der Waals surface area contributed by atoms with Gasteiger partial charge in [0.15, 0.2) is 0 Å². The highest BCUT2D eigenvalue weighted by Gasteiger charge is 2.22. The van der Waals surface area contributed by atoms with Crippen LogP contribution < -0.4 is 0 Å². The Hall–Kier alpha value is -1.70. The average molecular weight is 224 g/mol. The first-order valence-corrected chi connectivity index (χ1v) is 6.01. The fraction of sp³-hybridized carbons (Fsp3) is 0.333. The summed E-state index contributed by atoms with van der Waals surface area (Å²) in [6, 6.07) is 4.48. The van der Waals surface area contributed by atoms with Crippen LogP contribution in [0.2, 0.25) is 0 Å². The molecule has 3 rings (SSSR count). The van der Waals surface area contributed by atoms with Crippen LogP contribution in [0.4, 0.5) is 0 Å². The van der Waals surface area contributed by atoms with Gasteiger partial charge in [-0.15, -0.1) is 0 Å². The summed E-state index contributed by atoms with van der Waals surface area (Å²) in [6.07, 6.45) is 0.930. The minimum Gasteiger partial charge on any atom is -0.257 e. The summed E-state index contributed by atoms with van der Waals surface area (Å²) < 4.78 is 0. The van der Waals surface area contributed by atoms with E-state index < -0.39 is 0 Å². The van der Waals surface area contributed by atoms with Crippen molar-refractivity contribution >= 4 is 0 Å². The van der Waals surface area contributed by atoms with E-state index in [1.54, 1.807) is 0 Å². The maximum Gasteiger partial charge on any atom is 0.0759 e. The molecule has 0 fully saturated rings. The fourth-order valence-electron chi connectivity index (χ4n) is 2.41. The summed E-state index contributed by atoms with van der Waals surface area (Å²) in [5, 5.41) is 0. The van der Waals surface area contributed by atoms with E-state index >= 15 is 0 Å². The molecule has 2 aromatic heterocycles. The molecular formula is C15H16N2. The van der Waals surface area contributed by atoms with Crippen LogP contribution in [-0.4, -0.2) is 9.97 Å². The van der Waals surface area contributed by atoms with Crippen LogP contribution in [0.25, 0.3) is 11.3 Å². The third-order valence-corrected chi connectivity index (χ3v) is 3.70. The Morgan fingerprint density at radius 1 is 0.882 bits per heavy atom. The predicted octanol–water partition coefficient (Wildman–Crippen LogP) is 3.28. The van der Waals surface area contributed by atoms with E-state index in [4.69, 9.17) is 4.98 Å². The maximum atomic E-state index is 4.73. The molecule has 0 aliphatic heterocycles. The SMILES string of the molecule is Cc1cc2c(nc1C)Cc1cc(C)c(C)nc1-2. The molecule has 86 valence electrons. The van der Waals surface area contributed by atoms with Gasteiger partial charge in [-0.25, -0.2) is 0 Å². The molecule has 0 unspecified atom stereocenters.